The molecule has 0 spiro atoms. The number of hydrogen-bond acceptors (Lipinski definition) is 4. The monoisotopic (exact) mass is 421 g/mol. The zero-order valence-corrected chi connectivity index (χ0v) is 16.1. The Balaban J connectivity index is 1.66. The highest BCUT2D eigenvalue weighted by molar-refractivity contribution is 9.10. The van der Waals surface area contributed by atoms with Crippen molar-refractivity contribution in [2.45, 2.75) is 44.2 Å². The first kappa shape index (κ1) is 17.0. The maximum absolute atomic E-state index is 10.9. The normalized spacial score (nSPS) is 21.0. The quantitative estimate of drug-likeness (QED) is 0.657. The van der Waals surface area contributed by atoms with Crippen molar-refractivity contribution in [2.24, 2.45) is 4.99 Å². The van der Waals surface area contributed by atoms with E-state index in [1.165, 1.54) is 25.7 Å². The van der Waals surface area contributed by atoms with Crippen molar-refractivity contribution >= 4 is 55.3 Å². The zero-order chi connectivity index (χ0) is 17.4. The average Bonchev–Trinajstić information content (AvgIpc) is 3.29. The minimum atomic E-state index is -0.797. The van der Waals surface area contributed by atoms with E-state index in [1.54, 1.807) is 11.8 Å². The summed E-state index contributed by atoms with van der Waals surface area (Å²) in [5.41, 5.74) is 3.16. The van der Waals surface area contributed by atoms with Gasteiger partial charge in [0, 0.05) is 17.2 Å². The molecular weight excluding hydrogens is 402 g/mol. The van der Waals surface area contributed by atoms with Crippen molar-refractivity contribution in [3.8, 4) is 0 Å². The van der Waals surface area contributed by atoms with Crippen LogP contribution in [-0.4, -0.2) is 38.9 Å². The first-order valence-corrected chi connectivity index (χ1v) is 10.4. The van der Waals surface area contributed by atoms with Gasteiger partial charge in [0.2, 0.25) is 0 Å². The van der Waals surface area contributed by atoms with Gasteiger partial charge in [-0.1, -0.05) is 25.0 Å². The molecular formula is C18H20BrN3O2S. The standard InChI is InChI=1S/C18H20BrN3O2S/c19-15-12-6-3-7-13(20-10-4-1-2-5-10)16(12)22-17(15)18-21-11(9-25-18)8-14(23)24/h3,6-7,10-11,20,22H,1-2,4-5,8-9H2,(H,23,24)/t11-/m1/s1. The maximum Gasteiger partial charge on any atom is 0.305 e. The fraction of sp³-hybridized carbons (Fsp3) is 0.444. The van der Waals surface area contributed by atoms with Crippen LogP contribution in [0.25, 0.3) is 10.9 Å². The van der Waals surface area contributed by atoms with Crippen LogP contribution in [0.5, 0.6) is 0 Å². The van der Waals surface area contributed by atoms with E-state index >= 15 is 0 Å². The average molecular weight is 422 g/mol. The number of aliphatic imine (C=N–C) groups is 1. The minimum Gasteiger partial charge on any atom is -0.481 e. The van der Waals surface area contributed by atoms with Crippen molar-refractivity contribution in [1.82, 2.24) is 4.98 Å². The summed E-state index contributed by atoms with van der Waals surface area (Å²) in [5.74, 6) is -0.0780. The lowest BCUT2D eigenvalue weighted by molar-refractivity contribution is -0.137. The molecule has 1 aromatic carbocycles. The molecule has 7 heteroatoms. The van der Waals surface area contributed by atoms with Gasteiger partial charge < -0.3 is 15.4 Å². The Morgan fingerprint density at radius 2 is 2.20 bits per heavy atom. The second-order valence-corrected chi connectivity index (χ2v) is 8.47. The summed E-state index contributed by atoms with van der Waals surface area (Å²) in [5, 5.41) is 14.7. The molecule has 1 saturated carbocycles. The van der Waals surface area contributed by atoms with E-state index in [0.29, 0.717) is 6.04 Å². The number of benzene rings is 1. The van der Waals surface area contributed by atoms with Gasteiger partial charge in [0.1, 0.15) is 5.04 Å². The van der Waals surface area contributed by atoms with Crippen LogP contribution < -0.4 is 5.32 Å². The van der Waals surface area contributed by atoms with Gasteiger partial charge in [0.05, 0.1) is 33.8 Å². The highest BCUT2D eigenvalue weighted by atomic mass is 79.9. The fourth-order valence-corrected chi connectivity index (χ4v) is 5.41. The van der Waals surface area contributed by atoms with Gasteiger partial charge in [-0.25, -0.2) is 0 Å². The number of carboxylic acid groups (broad SMARTS) is 1. The number of hydrogen-bond donors (Lipinski definition) is 3. The summed E-state index contributed by atoms with van der Waals surface area (Å²) in [7, 11) is 0. The number of fused-ring (bicyclic) bond motifs is 1. The smallest absolute Gasteiger partial charge is 0.305 e. The second-order valence-electron chi connectivity index (χ2n) is 6.66. The molecule has 2 heterocycles. The Hall–Kier alpha value is -1.47. The van der Waals surface area contributed by atoms with E-state index in [2.05, 4.69) is 49.4 Å². The Morgan fingerprint density at radius 3 is 2.96 bits per heavy atom. The van der Waals surface area contributed by atoms with Gasteiger partial charge in [-0.15, -0.1) is 11.8 Å². The maximum atomic E-state index is 10.9. The molecule has 1 atom stereocenters. The lowest BCUT2D eigenvalue weighted by atomic mass is 10.2. The SMILES string of the molecule is O=C(O)C[C@@H]1CSC(c2[nH]c3c(NC4CCCC4)cccc3c2Br)=N1. The van der Waals surface area contributed by atoms with Crippen LogP contribution in [0.15, 0.2) is 27.7 Å². The van der Waals surface area contributed by atoms with E-state index in [9.17, 15) is 4.79 Å². The van der Waals surface area contributed by atoms with Crippen LogP contribution in [0.4, 0.5) is 5.69 Å². The number of aromatic amines is 1. The molecule has 2 aliphatic rings. The number of carbonyl (C=O) groups is 1. The summed E-state index contributed by atoms with van der Waals surface area (Å²) in [6, 6.07) is 6.68. The topological polar surface area (TPSA) is 77.5 Å². The molecule has 1 aromatic heterocycles. The Morgan fingerprint density at radius 1 is 1.40 bits per heavy atom. The number of aliphatic carboxylic acids is 1. The second kappa shape index (κ2) is 7.03. The minimum absolute atomic E-state index is 0.0861. The number of carboxylic acids is 1. The molecule has 0 unspecified atom stereocenters. The number of halogens is 1. The molecule has 2 aromatic rings. The van der Waals surface area contributed by atoms with Crippen LogP contribution in [-0.2, 0) is 4.79 Å². The summed E-state index contributed by atoms with van der Waals surface area (Å²) < 4.78 is 1.000. The molecule has 4 rings (SSSR count). The lowest BCUT2D eigenvalue weighted by Crippen LogP contribution is -2.14. The van der Waals surface area contributed by atoms with E-state index in [0.717, 1.165) is 37.6 Å². The number of anilines is 1. The molecule has 0 bridgehead atoms. The van der Waals surface area contributed by atoms with E-state index in [-0.39, 0.29) is 12.5 Å². The summed E-state index contributed by atoms with van der Waals surface area (Å²) in [4.78, 5) is 19.0. The van der Waals surface area contributed by atoms with E-state index in [1.807, 2.05) is 0 Å². The molecule has 5 nitrogen and oxygen atoms in total. The molecule has 1 aliphatic heterocycles. The van der Waals surface area contributed by atoms with Crippen molar-refractivity contribution in [1.29, 1.82) is 0 Å². The van der Waals surface area contributed by atoms with Gasteiger partial charge in [-0.05, 0) is 34.8 Å². The number of H-pyrrole nitrogens is 1. The van der Waals surface area contributed by atoms with Crippen LogP contribution in [0, 0.1) is 0 Å². The van der Waals surface area contributed by atoms with Gasteiger partial charge in [-0.2, -0.15) is 0 Å². The number of nitrogens with zero attached hydrogens (tertiary/aromatic N) is 1. The Labute approximate surface area is 158 Å². The van der Waals surface area contributed by atoms with Gasteiger partial charge >= 0.3 is 5.97 Å². The van der Waals surface area contributed by atoms with Crippen LogP contribution in [0.1, 0.15) is 37.8 Å². The predicted molar refractivity (Wildman–Crippen MR) is 107 cm³/mol. The summed E-state index contributed by atoms with van der Waals surface area (Å²) in [6.45, 7) is 0. The van der Waals surface area contributed by atoms with Crippen LogP contribution in [0.3, 0.4) is 0 Å². The number of nitrogens with one attached hydrogen (secondary N) is 2. The van der Waals surface area contributed by atoms with Crippen LogP contribution in [0.2, 0.25) is 0 Å². The highest BCUT2D eigenvalue weighted by Gasteiger charge is 2.25. The fourth-order valence-electron chi connectivity index (χ4n) is 3.60. The van der Waals surface area contributed by atoms with E-state index < -0.39 is 5.97 Å². The Kier molecular flexibility index (Phi) is 4.78. The third kappa shape index (κ3) is 3.44. The Bertz CT molecular complexity index is 842. The number of aromatic nitrogens is 1. The first-order valence-electron chi connectivity index (χ1n) is 8.61. The highest BCUT2D eigenvalue weighted by Crippen LogP contribution is 2.37. The van der Waals surface area contributed by atoms with E-state index in [4.69, 9.17) is 5.11 Å². The molecule has 1 aliphatic carbocycles. The molecule has 132 valence electrons. The molecule has 25 heavy (non-hydrogen) atoms. The van der Waals surface area contributed by atoms with Gasteiger partial charge in [0.25, 0.3) is 0 Å². The summed E-state index contributed by atoms with van der Waals surface area (Å²) in [6.07, 6.45) is 5.13. The van der Waals surface area contributed by atoms with Gasteiger partial charge in [0.15, 0.2) is 0 Å². The molecule has 0 saturated heterocycles. The first-order chi connectivity index (χ1) is 12.1. The molecule has 3 N–H and O–H groups in total. The largest absolute Gasteiger partial charge is 0.481 e. The third-order valence-electron chi connectivity index (χ3n) is 4.82. The zero-order valence-electron chi connectivity index (χ0n) is 13.7. The molecule has 0 amide bonds. The lowest BCUT2D eigenvalue weighted by Gasteiger charge is -2.14. The van der Waals surface area contributed by atoms with Crippen molar-refractivity contribution in [2.75, 3.05) is 11.1 Å². The van der Waals surface area contributed by atoms with Crippen LogP contribution >= 0.6 is 27.7 Å². The van der Waals surface area contributed by atoms with Crippen molar-refractivity contribution in [3.05, 3.63) is 28.4 Å². The number of rotatable bonds is 5. The van der Waals surface area contributed by atoms with Gasteiger partial charge in [-0.3, -0.25) is 9.79 Å². The number of para-hydroxylation sites is 1. The van der Waals surface area contributed by atoms with Crippen molar-refractivity contribution in [3.63, 3.8) is 0 Å². The van der Waals surface area contributed by atoms with Crippen molar-refractivity contribution < 1.29 is 9.90 Å². The number of thioether (sulfide) groups is 1. The predicted octanol–water partition coefficient (Wildman–Crippen LogP) is 4.62. The summed E-state index contributed by atoms with van der Waals surface area (Å²) >= 11 is 5.33. The molecule has 1 fully saturated rings. The molecule has 0 radical (unpaired) electrons. The third-order valence-corrected chi connectivity index (χ3v) is 6.78.